The summed E-state index contributed by atoms with van der Waals surface area (Å²) in [6.07, 6.45) is 1.17. The molecular formula is C16H22F2N2O. The van der Waals surface area contributed by atoms with E-state index in [0.717, 1.165) is 12.5 Å². The van der Waals surface area contributed by atoms with E-state index in [2.05, 4.69) is 0 Å². The van der Waals surface area contributed by atoms with E-state index < -0.39 is 11.6 Å². The molecule has 1 saturated heterocycles. The third-order valence-corrected chi connectivity index (χ3v) is 4.30. The number of nitrogens with zero attached hydrogens (tertiary/aromatic N) is 1. The molecule has 1 fully saturated rings. The molecule has 2 N–H and O–H groups in total. The molecule has 0 aliphatic carbocycles. The Morgan fingerprint density at radius 3 is 2.81 bits per heavy atom. The first kappa shape index (κ1) is 15.9. The van der Waals surface area contributed by atoms with Crippen molar-refractivity contribution in [1.82, 2.24) is 4.90 Å². The zero-order chi connectivity index (χ0) is 15.6. The van der Waals surface area contributed by atoms with Gasteiger partial charge in [0.25, 0.3) is 0 Å². The molecule has 21 heavy (non-hydrogen) atoms. The summed E-state index contributed by atoms with van der Waals surface area (Å²) < 4.78 is 26.7. The van der Waals surface area contributed by atoms with Gasteiger partial charge in [0.1, 0.15) is 0 Å². The number of rotatable bonds is 3. The molecule has 2 rings (SSSR count). The molecule has 0 aromatic heterocycles. The Hall–Kier alpha value is -1.49. The maximum absolute atomic E-state index is 13.6. The number of hydrogen-bond donors (Lipinski definition) is 1. The van der Waals surface area contributed by atoms with E-state index in [1.165, 1.54) is 12.1 Å². The van der Waals surface area contributed by atoms with Crippen molar-refractivity contribution in [1.29, 1.82) is 0 Å². The number of piperidine rings is 1. The lowest BCUT2D eigenvalue weighted by molar-refractivity contribution is -0.134. The van der Waals surface area contributed by atoms with E-state index in [4.69, 9.17) is 5.73 Å². The summed E-state index contributed by atoms with van der Waals surface area (Å²) in [5.74, 6) is -1.75. The minimum absolute atomic E-state index is 0.0290. The first-order chi connectivity index (χ1) is 9.81. The topological polar surface area (TPSA) is 46.3 Å². The van der Waals surface area contributed by atoms with Crippen molar-refractivity contribution < 1.29 is 13.6 Å². The summed E-state index contributed by atoms with van der Waals surface area (Å²) in [7, 11) is 0. The van der Waals surface area contributed by atoms with Crippen LogP contribution in [0.5, 0.6) is 0 Å². The average Bonchev–Trinajstić information content (AvgIpc) is 2.43. The molecule has 1 aliphatic heterocycles. The van der Waals surface area contributed by atoms with Crippen LogP contribution >= 0.6 is 0 Å². The zero-order valence-corrected chi connectivity index (χ0v) is 12.5. The number of hydrogen-bond acceptors (Lipinski definition) is 2. The van der Waals surface area contributed by atoms with Gasteiger partial charge in [-0.15, -0.1) is 0 Å². The third-order valence-electron chi connectivity index (χ3n) is 4.30. The predicted octanol–water partition coefficient (Wildman–Crippen LogP) is 2.48. The van der Waals surface area contributed by atoms with E-state index in [-0.39, 0.29) is 35.8 Å². The number of carbonyl (C=O) groups excluding carboxylic acids is 1. The minimum atomic E-state index is -0.870. The summed E-state index contributed by atoms with van der Waals surface area (Å²) in [6.45, 7) is 5.33. The van der Waals surface area contributed by atoms with Crippen molar-refractivity contribution in [3.63, 3.8) is 0 Å². The Kier molecular flexibility index (Phi) is 4.61. The molecule has 1 unspecified atom stereocenters. The molecule has 1 aromatic carbocycles. The number of aryl methyl sites for hydroxylation is 1. The lowest BCUT2D eigenvalue weighted by atomic mass is 9.79. The first-order valence-corrected chi connectivity index (χ1v) is 7.27. The summed E-state index contributed by atoms with van der Waals surface area (Å²) in [6, 6.07) is 4.14. The lowest BCUT2D eigenvalue weighted by Crippen LogP contribution is -2.54. The number of likely N-dealkylation sites (tertiary alicyclic amines) is 1. The van der Waals surface area contributed by atoms with Crippen molar-refractivity contribution in [2.24, 2.45) is 11.1 Å². The average molecular weight is 296 g/mol. The minimum Gasteiger partial charge on any atom is -0.342 e. The van der Waals surface area contributed by atoms with Crippen LogP contribution in [0, 0.1) is 17.0 Å². The number of benzene rings is 1. The van der Waals surface area contributed by atoms with Crippen LogP contribution in [0.3, 0.4) is 0 Å². The van der Waals surface area contributed by atoms with Crippen molar-refractivity contribution in [2.45, 2.75) is 39.2 Å². The molecule has 0 spiro atoms. The maximum atomic E-state index is 13.6. The van der Waals surface area contributed by atoms with Gasteiger partial charge in [-0.2, -0.15) is 0 Å². The standard InChI is InChI=1S/C16H22F2N2O/c1-16(2)10-20(9-8-13(16)19)14(21)7-6-11-4-3-5-12(17)15(11)18/h3-5,13H,6-10,19H2,1-2H3. The van der Waals surface area contributed by atoms with E-state index in [0.29, 0.717) is 13.1 Å². The second-order valence-corrected chi connectivity index (χ2v) is 6.41. The fourth-order valence-electron chi connectivity index (χ4n) is 2.73. The van der Waals surface area contributed by atoms with Crippen molar-refractivity contribution in [3.8, 4) is 0 Å². The quantitative estimate of drug-likeness (QED) is 0.931. The highest BCUT2D eigenvalue weighted by Gasteiger charge is 2.35. The van der Waals surface area contributed by atoms with Gasteiger partial charge in [0.15, 0.2) is 11.6 Å². The monoisotopic (exact) mass is 296 g/mol. The van der Waals surface area contributed by atoms with Crippen molar-refractivity contribution >= 4 is 5.91 Å². The summed E-state index contributed by atoms with van der Waals surface area (Å²) in [4.78, 5) is 14.0. The fourth-order valence-corrected chi connectivity index (χ4v) is 2.73. The highest BCUT2D eigenvalue weighted by molar-refractivity contribution is 5.76. The number of halogens is 2. The zero-order valence-electron chi connectivity index (χ0n) is 12.5. The van der Waals surface area contributed by atoms with Crippen molar-refractivity contribution in [2.75, 3.05) is 13.1 Å². The number of nitrogens with two attached hydrogens (primary N) is 1. The van der Waals surface area contributed by atoms with Crippen LogP contribution in [0.15, 0.2) is 18.2 Å². The molecule has 1 aliphatic rings. The van der Waals surface area contributed by atoms with Crippen molar-refractivity contribution in [3.05, 3.63) is 35.4 Å². The molecule has 3 nitrogen and oxygen atoms in total. The van der Waals surface area contributed by atoms with Gasteiger partial charge < -0.3 is 10.6 Å². The smallest absolute Gasteiger partial charge is 0.222 e. The van der Waals surface area contributed by atoms with Crippen LogP contribution in [0.1, 0.15) is 32.3 Å². The Labute approximate surface area is 124 Å². The normalized spacial score (nSPS) is 21.4. The molecule has 0 radical (unpaired) electrons. The molecule has 1 aromatic rings. The molecular weight excluding hydrogens is 274 g/mol. The Balaban J connectivity index is 1.95. The third kappa shape index (κ3) is 3.59. The van der Waals surface area contributed by atoms with E-state index in [1.54, 1.807) is 4.90 Å². The molecule has 1 heterocycles. The molecule has 116 valence electrons. The molecule has 1 amide bonds. The summed E-state index contributed by atoms with van der Waals surface area (Å²) >= 11 is 0. The van der Waals surface area contributed by atoms with E-state index in [1.807, 2.05) is 13.8 Å². The van der Waals surface area contributed by atoms with Gasteiger partial charge in [-0.3, -0.25) is 4.79 Å². The van der Waals surface area contributed by atoms with Gasteiger partial charge in [-0.05, 0) is 29.9 Å². The molecule has 0 saturated carbocycles. The lowest BCUT2D eigenvalue weighted by Gasteiger charge is -2.42. The van der Waals surface area contributed by atoms with Gasteiger partial charge in [0, 0.05) is 25.6 Å². The Morgan fingerprint density at radius 2 is 2.14 bits per heavy atom. The largest absolute Gasteiger partial charge is 0.342 e. The molecule has 1 atom stereocenters. The fraction of sp³-hybridized carbons (Fsp3) is 0.562. The highest BCUT2D eigenvalue weighted by atomic mass is 19.2. The summed E-state index contributed by atoms with van der Waals surface area (Å²) in [5, 5.41) is 0. The maximum Gasteiger partial charge on any atom is 0.222 e. The van der Waals surface area contributed by atoms with Gasteiger partial charge in [-0.1, -0.05) is 26.0 Å². The van der Waals surface area contributed by atoms with Crippen LogP contribution in [0.4, 0.5) is 8.78 Å². The van der Waals surface area contributed by atoms with E-state index >= 15 is 0 Å². The second kappa shape index (κ2) is 6.10. The summed E-state index contributed by atoms with van der Waals surface area (Å²) in [5.41, 5.74) is 6.18. The van der Waals surface area contributed by atoms with Gasteiger partial charge in [-0.25, -0.2) is 8.78 Å². The highest BCUT2D eigenvalue weighted by Crippen LogP contribution is 2.28. The van der Waals surface area contributed by atoms with Crippen LogP contribution in [-0.2, 0) is 11.2 Å². The number of amides is 1. The molecule has 5 heteroatoms. The molecule has 0 bridgehead atoms. The predicted molar refractivity (Wildman–Crippen MR) is 77.6 cm³/mol. The van der Waals surface area contributed by atoms with Gasteiger partial charge in [0.05, 0.1) is 0 Å². The van der Waals surface area contributed by atoms with Gasteiger partial charge >= 0.3 is 0 Å². The Bertz CT molecular complexity index is 531. The van der Waals surface area contributed by atoms with Crippen LogP contribution < -0.4 is 5.73 Å². The second-order valence-electron chi connectivity index (χ2n) is 6.41. The van der Waals surface area contributed by atoms with Crippen LogP contribution in [0.25, 0.3) is 0 Å². The Morgan fingerprint density at radius 1 is 1.43 bits per heavy atom. The van der Waals surface area contributed by atoms with Crippen LogP contribution in [0.2, 0.25) is 0 Å². The van der Waals surface area contributed by atoms with E-state index in [9.17, 15) is 13.6 Å². The van der Waals surface area contributed by atoms with Gasteiger partial charge in [0.2, 0.25) is 5.91 Å². The van der Waals surface area contributed by atoms with Crippen LogP contribution in [-0.4, -0.2) is 29.9 Å². The first-order valence-electron chi connectivity index (χ1n) is 7.27. The number of carbonyl (C=O) groups is 1. The SMILES string of the molecule is CC1(C)CN(C(=O)CCc2cccc(F)c2F)CCC1N.